The molecule has 1 fully saturated rings. The SMILES string of the molecule is CC1(C)CCN(C(=O)c2cc(N)ccc2Cl)CC1. The van der Waals surface area contributed by atoms with Gasteiger partial charge >= 0.3 is 0 Å². The number of benzene rings is 1. The molecule has 0 aliphatic carbocycles. The third-order valence-corrected chi connectivity index (χ3v) is 3.95. The largest absolute Gasteiger partial charge is 0.399 e. The smallest absolute Gasteiger partial charge is 0.255 e. The molecule has 1 aromatic carbocycles. The number of likely N-dealkylation sites (tertiary alicyclic amines) is 1. The summed E-state index contributed by atoms with van der Waals surface area (Å²) >= 11 is 6.06. The molecular weight excluding hydrogens is 248 g/mol. The van der Waals surface area contributed by atoms with Crippen LogP contribution in [0.2, 0.25) is 5.02 Å². The van der Waals surface area contributed by atoms with E-state index in [0.717, 1.165) is 25.9 Å². The molecule has 1 aliphatic heterocycles. The van der Waals surface area contributed by atoms with Gasteiger partial charge in [0, 0.05) is 18.8 Å². The summed E-state index contributed by atoms with van der Waals surface area (Å²) in [4.78, 5) is 14.2. The molecule has 0 radical (unpaired) electrons. The summed E-state index contributed by atoms with van der Waals surface area (Å²) in [6.07, 6.45) is 2.05. The van der Waals surface area contributed by atoms with E-state index >= 15 is 0 Å². The van der Waals surface area contributed by atoms with Crippen LogP contribution < -0.4 is 5.73 Å². The number of nitrogens with zero attached hydrogens (tertiary/aromatic N) is 1. The molecule has 98 valence electrons. The summed E-state index contributed by atoms with van der Waals surface area (Å²) in [6, 6.07) is 5.04. The quantitative estimate of drug-likeness (QED) is 0.794. The van der Waals surface area contributed by atoms with Gasteiger partial charge in [0.25, 0.3) is 5.91 Å². The Labute approximate surface area is 113 Å². The zero-order chi connectivity index (χ0) is 13.3. The first-order chi connectivity index (χ1) is 8.39. The van der Waals surface area contributed by atoms with Crippen molar-refractivity contribution >= 4 is 23.2 Å². The predicted octanol–water partition coefficient (Wildman–Crippen LogP) is 3.18. The fourth-order valence-corrected chi connectivity index (χ4v) is 2.39. The predicted molar refractivity (Wildman–Crippen MR) is 74.8 cm³/mol. The number of hydrogen-bond donors (Lipinski definition) is 1. The van der Waals surface area contributed by atoms with Crippen molar-refractivity contribution in [1.82, 2.24) is 4.90 Å². The second-order valence-electron chi connectivity index (χ2n) is 5.70. The normalized spacial score (nSPS) is 18.7. The van der Waals surface area contributed by atoms with Gasteiger partial charge in [0.05, 0.1) is 10.6 Å². The topological polar surface area (TPSA) is 46.3 Å². The minimum atomic E-state index is -0.0113. The summed E-state index contributed by atoms with van der Waals surface area (Å²) in [5.74, 6) is -0.0113. The molecule has 0 aromatic heterocycles. The highest BCUT2D eigenvalue weighted by Crippen LogP contribution is 2.31. The van der Waals surface area contributed by atoms with Gasteiger partial charge in [-0.2, -0.15) is 0 Å². The molecule has 3 nitrogen and oxygen atoms in total. The van der Waals surface area contributed by atoms with Gasteiger partial charge in [0.15, 0.2) is 0 Å². The van der Waals surface area contributed by atoms with Crippen LogP contribution in [0.25, 0.3) is 0 Å². The molecule has 0 unspecified atom stereocenters. The minimum absolute atomic E-state index is 0.0113. The number of halogens is 1. The van der Waals surface area contributed by atoms with Crippen molar-refractivity contribution in [3.63, 3.8) is 0 Å². The van der Waals surface area contributed by atoms with Crippen molar-refractivity contribution in [2.24, 2.45) is 5.41 Å². The average molecular weight is 267 g/mol. The molecule has 1 saturated heterocycles. The van der Waals surface area contributed by atoms with Crippen LogP contribution in [0.15, 0.2) is 18.2 Å². The highest BCUT2D eigenvalue weighted by Gasteiger charge is 2.29. The summed E-state index contributed by atoms with van der Waals surface area (Å²) < 4.78 is 0. The Morgan fingerprint density at radius 2 is 1.94 bits per heavy atom. The maximum Gasteiger partial charge on any atom is 0.255 e. The summed E-state index contributed by atoms with van der Waals surface area (Å²) in [5, 5.41) is 0.471. The highest BCUT2D eigenvalue weighted by atomic mass is 35.5. The fourth-order valence-electron chi connectivity index (χ4n) is 2.19. The van der Waals surface area contributed by atoms with Crippen LogP contribution in [0.5, 0.6) is 0 Å². The number of rotatable bonds is 1. The Kier molecular flexibility index (Phi) is 3.53. The molecule has 18 heavy (non-hydrogen) atoms. The number of carbonyl (C=O) groups excluding carboxylic acids is 1. The molecule has 2 rings (SSSR count). The zero-order valence-electron chi connectivity index (χ0n) is 10.9. The summed E-state index contributed by atoms with van der Waals surface area (Å²) in [7, 11) is 0. The van der Waals surface area contributed by atoms with Crippen LogP contribution in [0.4, 0.5) is 5.69 Å². The number of nitrogen functional groups attached to an aromatic ring is 1. The van der Waals surface area contributed by atoms with Crippen molar-refractivity contribution in [3.8, 4) is 0 Å². The number of carbonyl (C=O) groups is 1. The van der Waals surface area contributed by atoms with E-state index in [0.29, 0.717) is 21.7 Å². The van der Waals surface area contributed by atoms with Gasteiger partial charge in [-0.1, -0.05) is 25.4 Å². The second-order valence-corrected chi connectivity index (χ2v) is 6.10. The Bertz CT molecular complexity index is 461. The van der Waals surface area contributed by atoms with Gasteiger partial charge < -0.3 is 10.6 Å². The standard InChI is InChI=1S/C14H19ClN2O/c1-14(2)5-7-17(8-6-14)13(18)11-9-10(16)3-4-12(11)15/h3-4,9H,5-8,16H2,1-2H3. The third-order valence-electron chi connectivity index (χ3n) is 3.63. The second kappa shape index (κ2) is 4.81. The lowest BCUT2D eigenvalue weighted by molar-refractivity contribution is 0.0630. The Hall–Kier alpha value is -1.22. The molecule has 0 spiro atoms. The van der Waals surface area contributed by atoms with E-state index in [4.69, 9.17) is 17.3 Å². The van der Waals surface area contributed by atoms with Gasteiger partial charge in [0.2, 0.25) is 0 Å². The van der Waals surface area contributed by atoms with Crippen molar-refractivity contribution in [3.05, 3.63) is 28.8 Å². The summed E-state index contributed by atoms with van der Waals surface area (Å²) in [5.41, 5.74) is 7.12. The van der Waals surface area contributed by atoms with Crippen LogP contribution >= 0.6 is 11.6 Å². The van der Waals surface area contributed by atoms with Crippen molar-refractivity contribution < 1.29 is 4.79 Å². The van der Waals surface area contributed by atoms with Crippen LogP contribution in [-0.2, 0) is 0 Å². The zero-order valence-corrected chi connectivity index (χ0v) is 11.6. The molecule has 1 heterocycles. The Morgan fingerprint density at radius 3 is 2.56 bits per heavy atom. The maximum atomic E-state index is 12.4. The highest BCUT2D eigenvalue weighted by molar-refractivity contribution is 6.34. The number of nitrogens with two attached hydrogens (primary N) is 1. The first-order valence-electron chi connectivity index (χ1n) is 6.23. The minimum Gasteiger partial charge on any atom is -0.399 e. The number of amides is 1. The number of anilines is 1. The van der Waals surface area contributed by atoms with Gasteiger partial charge in [-0.25, -0.2) is 0 Å². The van der Waals surface area contributed by atoms with E-state index in [1.54, 1.807) is 18.2 Å². The fraction of sp³-hybridized carbons (Fsp3) is 0.500. The van der Waals surface area contributed by atoms with Crippen molar-refractivity contribution in [2.45, 2.75) is 26.7 Å². The first kappa shape index (κ1) is 13.2. The molecular formula is C14H19ClN2O. The molecule has 4 heteroatoms. The monoisotopic (exact) mass is 266 g/mol. The van der Waals surface area contributed by atoms with E-state index < -0.39 is 0 Å². The Balaban J connectivity index is 2.15. The van der Waals surface area contributed by atoms with Crippen LogP contribution in [0, 0.1) is 5.41 Å². The molecule has 0 bridgehead atoms. The average Bonchev–Trinajstić information content (AvgIpc) is 2.31. The molecule has 1 amide bonds. The van der Waals surface area contributed by atoms with Gasteiger partial charge in [-0.3, -0.25) is 4.79 Å². The van der Waals surface area contributed by atoms with Crippen LogP contribution in [-0.4, -0.2) is 23.9 Å². The van der Waals surface area contributed by atoms with Gasteiger partial charge in [-0.15, -0.1) is 0 Å². The molecule has 1 aromatic rings. The first-order valence-corrected chi connectivity index (χ1v) is 6.61. The molecule has 0 atom stereocenters. The van der Waals surface area contributed by atoms with E-state index in [1.807, 2.05) is 4.90 Å². The van der Waals surface area contributed by atoms with Crippen LogP contribution in [0.3, 0.4) is 0 Å². The lowest BCUT2D eigenvalue weighted by atomic mass is 9.82. The van der Waals surface area contributed by atoms with Crippen molar-refractivity contribution in [1.29, 1.82) is 0 Å². The molecule has 1 aliphatic rings. The Morgan fingerprint density at radius 1 is 1.33 bits per heavy atom. The number of piperidine rings is 1. The van der Waals surface area contributed by atoms with Crippen LogP contribution in [0.1, 0.15) is 37.0 Å². The third kappa shape index (κ3) is 2.78. The van der Waals surface area contributed by atoms with E-state index in [1.165, 1.54) is 0 Å². The van der Waals surface area contributed by atoms with Crippen molar-refractivity contribution in [2.75, 3.05) is 18.8 Å². The van der Waals surface area contributed by atoms with E-state index in [9.17, 15) is 4.79 Å². The maximum absolute atomic E-state index is 12.4. The van der Waals surface area contributed by atoms with Gasteiger partial charge in [0.1, 0.15) is 0 Å². The van der Waals surface area contributed by atoms with Gasteiger partial charge in [-0.05, 0) is 36.5 Å². The lowest BCUT2D eigenvalue weighted by Gasteiger charge is -2.37. The lowest BCUT2D eigenvalue weighted by Crippen LogP contribution is -2.41. The molecule has 2 N–H and O–H groups in total. The van der Waals surface area contributed by atoms with E-state index in [-0.39, 0.29) is 5.91 Å². The van der Waals surface area contributed by atoms with E-state index in [2.05, 4.69) is 13.8 Å². The number of hydrogen-bond acceptors (Lipinski definition) is 2. The molecule has 0 saturated carbocycles. The summed E-state index contributed by atoms with van der Waals surface area (Å²) in [6.45, 7) is 6.05.